The van der Waals surface area contributed by atoms with Crippen molar-refractivity contribution >= 4 is 16.5 Å². The molecule has 0 saturated heterocycles. The van der Waals surface area contributed by atoms with Crippen LogP contribution in [0.2, 0.25) is 0 Å². The number of rotatable bonds is 3. The van der Waals surface area contributed by atoms with Crippen LogP contribution in [0.1, 0.15) is 25.7 Å². The lowest BCUT2D eigenvalue weighted by molar-refractivity contribution is 0.351. The van der Waals surface area contributed by atoms with Crippen LogP contribution in [0.3, 0.4) is 0 Å². The van der Waals surface area contributed by atoms with Crippen LogP contribution in [0.4, 0.5) is 5.69 Å². The summed E-state index contributed by atoms with van der Waals surface area (Å²) in [6, 6.07) is 16.8. The van der Waals surface area contributed by atoms with Gasteiger partial charge in [0.2, 0.25) is 0 Å². The molecular formula is C18H24N2. The molecule has 0 heterocycles. The minimum atomic E-state index is 0.681. The number of nitrogens with zero attached hydrogens (tertiary/aromatic N) is 1. The summed E-state index contributed by atoms with van der Waals surface area (Å²) >= 11 is 0. The highest BCUT2D eigenvalue weighted by atomic mass is 15.1. The van der Waals surface area contributed by atoms with Crippen molar-refractivity contribution in [2.24, 2.45) is 0 Å². The molecule has 1 saturated carbocycles. The van der Waals surface area contributed by atoms with Gasteiger partial charge in [0, 0.05) is 24.8 Å². The van der Waals surface area contributed by atoms with Crippen molar-refractivity contribution in [1.82, 2.24) is 5.32 Å². The number of hydrogen-bond donors (Lipinski definition) is 1. The molecule has 1 fully saturated rings. The Hall–Kier alpha value is -1.54. The summed E-state index contributed by atoms with van der Waals surface area (Å²) in [6.07, 6.45) is 5.15. The molecule has 0 atom stereocenters. The van der Waals surface area contributed by atoms with Crippen LogP contribution in [0.25, 0.3) is 10.8 Å². The highest BCUT2D eigenvalue weighted by Gasteiger charge is 2.23. The molecule has 3 rings (SSSR count). The maximum Gasteiger partial charge on any atom is 0.0372 e. The normalized spacial score (nSPS) is 22.9. The Kier molecular flexibility index (Phi) is 3.93. The van der Waals surface area contributed by atoms with Crippen LogP contribution in [-0.4, -0.2) is 26.2 Å². The molecule has 0 aromatic heterocycles. The third-order valence-corrected chi connectivity index (χ3v) is 4.79. The molecule has 0 bridgehead atoms. The van der Waals surface area contributed by atoms with Gasteiger partial charge in [-0.05, 0) is 55.6 Å². The molecule has 1 aliphatic carbocycles. The molecular weight excluding hydrogens is 244 g/mol. The number of benzene rings is 2. The van der Waals surface area contributed by atoms with Crippen LogP contribution < -0.4 is 10.2 Å². The van der Waals surface area contributed by atoms with Gasteiger partial charge in [0.25, 0.3) is 0 Å². The zero-order valence-electron chi connectivity index (χ0n) is 12.5. The summed E-state index contributed by atoms with van der Waals surface area (Å²) in [6.45, 7) is 0. The monoisotopic (exact) mass is 268 g/mol. The van der Waals surface area contributed by atoms with Gasteiger partial charge in [-0.1, -0.05) is 30.3 Å². The van der Waals surface area contributed by atoms with Crippen molar-refractivity contribution in [1.29, 1.82) is 0 Å². The van der Waals surface area contributed by atoms with Gasteiger partial charge < -0.3 is 10.2 Å². The van der Waals surface area contributed by atoms with Crippen molar-refractivity contribution in [3.63, 3.8) is 0 Å². The predicted molar refractivity (Wildman–Crippen MR) is 87.5 cm³/mol. The van der Waals surface area contributed by atoms with Crippen LogP contribution in [0, 0.1) is 0 Å². The Morgan fingerprint density at radius 2 is 1.65 bits per heavy atom. The summed E-state index contributed by atoms with van der Waals surface area (Å²) in [5, 5.41) is 6.07. The second-order valence-corrected chi connectivity index (χ2v) is 5.94. The van der Waals surface area contributed by atoms with Crippen molar-refractivity contribution in [3.05, 3.63) is 42.5 Å². The first-order valence-electron chi connectivity index (χ1n) is 7.67. The van der Waals surface area contributed by atoms with Crippen molar-refractivity contribution in [2.45, 2.75) is 37.8 Å². The Morgan fingerprint density at radius 1 is 0.950 bits per heavy atom. The van der Waals surface area contributed by atoms with E-state index in [1.54, 1.807) is 0 Å². The molecule has 0 amide bonds. The standard InChI is InChI=1S/C18H24N2/c1-19-16-8-11-17(12-9-16)20(2)18-10-7-14-5-3-4-6-15(14)13-18/h3-7,10,13,16-17,19H,8-9,11-12H2,1-2H3. The summed E-state index contributed by atoms with van der Waals surface area (Å²) in [7, 11) is 4.33. The highest BCUT2D eigenvalue weighted by Crippen LogP contribution is 2.28. The van der Waals surface area contributed by atoms with E-state index in [0.717, 1.165) is 6.04 Å². The van der Waals surface area contributed by atoms with Crippen LogP contribution >= 0.6 is 0 Å². The fourth-order valence-corrected chi connectivity index (χ4v) is 3.36. The lowest BCUT2D eigenvalue weighted by Crippen LogP contribution is -2.39. The molecule has 106 valence electrons. The van der Waals surface area contributed by atoms with Gasteiger partial charge in [-0.15, -0.1) is 0 Å². The van der Waals surface area contributed by atoms with E-state index in [2.05, 4.69) is 66.8 Å². The average Bonchev–Trinajstić information content (AvgIpc) is 2.54. The Morgan fingerprint density at radius 3 is 2.35 bits per heavy atom. The molecule has 2 aromatic rings. The topological polar surface area (TPSA) is 15.3 Å². The van der Waals surface area contributed by atoms with E-state index in [0.29, 0.717) is 6.04 Å². The smallest absolute Gasteiger partial charge is 0.0372 e. The second-order valence-electron chi connectivity index (χ2n) is 5.94. The van der Waals surface area contributed by atoms with Crippen LogP contribution in [-0.2, 0) is 0 Å². The molecule has 20 heavy (non-hydrogen) atoms. The first-order chi connectivity index (χ1) is 9.78. The highest BCUT2D eigenvalue weighted by molar-refractivity contribution is 5.85. The molecule has 1 aliphatic rings. The van der Waals surface area contributed by atoms with E-state index < -0.39 is 0 Å². The molecule has 0 radical (unpaired) electrons. The third kappa shape index (κ3) is 2.66. The predicted octanol–water partition coefficient (Wildman–Crippen LogP) is 3.81. The third-order valence-electron chi connectivity index (χ3n) is 4.79. The van der Waals surface area contributed by atoms with Gasteiger partial charge in [0.1, 0.15) is 0 Å². The molecule has 0 aliphatic heterocycles. The van der Waals surface area contributed by atoms with Gasteiger partial charge >= 0.3 is 0 Å². The number of nitrogens with one attached hydrogen (secondary N) is 1. The van der Waals surface area contributed by atoms with E-state index in [1.807, 2.05) is 0 Å². The fraction of sp³-hybridized carbons (Fsp3) is 0.444. The van der Waals surface area contributed by atoms with E-state index in [4.69, 9.17) is 0 Å². The number of hydrogen-bond acceptors (Lipinski definition) is 2. The fourth-order valence-electron chi connectivity index (χ4n) is 3.36. The Bertz CT molecular complexity index is 570. The van der Waals surface area contributed by atoms with Crippen molar-refractivity contribution in [3.8, 4) is 0 Å². The van der Waals surface area contributed by atoms with E-state index in [9.17, 15) is 0 Å². The van der Waals surface area contributed by atoms with Gasteiger partial charge in [-0.25, -0.2) is 0 Å². The molecule has 0 unspecified atom stereocenters. The summed E-state index contributed by atoms with van der Waals surface area (Å²) in [4.78, 5) is 2.47. The van der Waals surface area contributed by atoms with E-state index in [-0.39, 0.29) is 0 Å². The average molecular weight is 268 g/mol. The largest absolute Gasteiger partial charge is 0.372 e. The lowest BCUT2D eigenvalue weighted by atomic mass is 9.90. The molecule has 2 aromatic carbocycles. The molecule has 2 nitrogen and oxygen atoms in total. The van der Waals surface area contributed by atoms with E-state index >= 15 is 0 Å². The lowest BCUT2D eigenvalue weighted by Gasteiger charge is -2.36. The number of anilines is 1. The maximum atomic E-state index is 3.41. The molecule has 1 N–H and O–H groups in total. The number of fused-ring (bicyclic) bond motifs is 1. The van der Waals surface area contributed by atoms with Gasteiger partial charge in [0.05, 0.1) is 0 Å². The zero-order chi connectivity index (χ0) is 13.9. The first-order valence-corrected chi connectivity index (χ1v) is 7.67. The molecule has 0 spiro atoms. The minimum absolute atomic E-state index is 0.681. The Balaban J connectivity index is 1.77. The summed E-state index contributed by atoms with van der Waals surface area (Å²) in [5.74, 6) is 0. The zero-order valence-corrected chi connectivity index (χ0v) is 12.5. The van der Waals surface area contributed by atoms with Gasteiger partial charge in [0.15, 0.2) is 0 Å². The maximum absolute atomic E-state index is 3.41. The second kappa shape index (κ2) is 5.84. The quantitative estimate of drug-likeness (QED) is 0.910. The van der Waals surface area contributed by atoms with Gasteiger partial charge in [-0.2, -0.15) is 0 Å². The van der Waals surface area contributed by atoms with Crippen LogP contribution in [0.15, 0.2) is 42.5 Å². The molecule has 2 heteroatoms. The van der Waals surface area contributed by atoms with Gasteiger partial charge in [-0.3, -0.25) is 0 Å². The van der Waals surface area contributed by atoms with Crippen molar-refractivity contribution < 1.29 is 0 Å². The van der Waals surface area contributed by atoms with Crippen molar-refractivity contribution in [2.75, 3.05) is 19.0 Å². The SMILES string of the molecule is CNC1CCC(N(C)c2ccc3ccccc3c2)CC1. The first kappa shape index (κ1) is 13.4. The van der Waals surface area contributed by atoms with Crippen LogP contribution in [0.5, 0.6) is 0 Å². The summed E-state index contributed by atoms with van der Waals surface area (Å²) in [5.41, 5.74) is 1.34. The van der Waals surface area contributed by atoms with E-state index in [1.165, 1.54) is 42.1 Å². The summed E-state index contributed by atoms with van der Waals surface area (Å²) < 4.78 is 0. The Labute approximate surface area is 121 Å². The minimum Gasteiger partial charge on any atom is -0.372 e.